The molecule has 0 spiro atoms. The van der Waals surface area contributed by atoms with Crippen molar-refractivity contribution in [2.75, 3.05) is 17.7 Å². The first-order chi connectivity index (χ1) is 12.2. The monoisotopic (exact) mass is 352 g/mol. The molecule has 5 heteroatoms. The maximum absolute atomic E-state index is 12.2. The van der Waals surface area contributed by atoms with Crippen molar-refractivity contribution in [2.45, 2.75) is 0 Å². The fourth-order valence-corrected chi connectivity index (χ4v) is 2.61. The summed E-state index contributed by atoms with van der Waals surface area (Å²) in [7, 11) is 1.54. The summed E-state index contributed by atoms with van der Waals surface area (Å²) in [6, 6.07) is 22.4. The van der Waals surface area contributed by atoms with Crippen molar-refractivity contribution < 1.29 is 9.53 Å². The lowest BCUT2D eigenvalue weighted by Crippen LogP contribution is -2.19. The maximum Gasteiger partial charge on any atom is 0.323 e. The van der Waals surface area contributed by atoms with Crippen LogP contribution in [0, 0.1) is 0 Å². The average molecular weight is 353 g/mol. The zero-order valence-electron chi connectivity index (χ0n) is 13.6. The number of ether oxygens (including phenoxy) is 1. The molecule has 0 radical (unpaired) electrons. The number of nitrogens with one attached hydrogen (secondary N) is 2. The summed E-state index contributed by atoms with van der Waals surface area (Å²) in [5.41, 5.74) is 3.41. The minimum atomic E-state index is -0.368. The van der Waals surface area contributed by atoms with E-state index in [-0.39, 0.29) is 6.03 Å². The Bertz CT molecular complexity index is 865. The third-order valence-electron chi connectivity index (χ3n) is 3.66. The molecule has 0 saturated carbocycles. The van der Waals surface area contributed by atoms with E-state index in [9.17, 15) is 4.79 Å². The van der Waals surface area contributed by atoms with E-state index in [1.807, 2.05) is 54.6 Å². The Morgan fingerprint density at radius 2 is 1.56 bits per heavy atom. The van der Waals surface area contributed by atoms with E-state index in [0.29, 0.717) is 22.1 Å². The quantitative estimate of drug-likeness (QED) is 0.636. The zero-order valence-corrected chi connectivity index (χ0v) is 14.4. The predicted octanol–water partition coefficient (Wildman–Crippen LogP) is 5.66. The van der Waals surface area contributed by atoms with Gasteiger partial charge in [-0.25, -0.2) is 4.79 Å². The van der Waals surface area contributed by atoms with Crippen LogP contribution in [0.1, 0.15) is 0 Å². The van der Waals surface area contributed by atoms with Crippen LogP contribution in [0.5, 0.6) is 5.75 Å². The molecule has 0 aliphatic carbocycles. The van der Waals surface area contributed by atoms with E-state index >= 15 is 0 Å². The first-order valence-corrected chi connectivity index (χ1v) is 8.10. The van der Waals surface area contributed by atoms with Crippen LogP contribution >= 0.6 is 11.6 Å². The van der Waals surface area contributed by atoms with Gasteiger partial charge in [0.1, 0.15) is 5.75 Å². The molecule has 0 fully saturated rings. The van der Waals surface area contributed by atoms with Crippen LogP contribution < -0.4 is 15.4 Å². The van der Waals surface area contributed by atoms with Crippen LogP contribution in [0.2, 0.25) is 5.02 Å². The number of hydrogen-bond donors (Lipinski definition) is 2. The molecular weight excluding hydrogens is 336 g/mol. The van der Waals surface area contributed by atoms with Crippen LogP contribution in [0.4, 0.5) is 16.2 Å². The topological polar surface area (TPSA) is 50.4 Å². The van der Waals surface area contributed by atoms with Crippen LogP contribution in [0.15, 0.2) is 72.8 Å². The Labute approximate surface area is 151 Å². The summed E-state index contributed by atoms with van der Waals surface area (Å²) < 4.78 is 5.22. The van der Waals surface area contributed by atoms with Gasteiger partial charge in [0.15, 0.2) is 0 Å². The smallest absolute Gasteiger partial charge is 0.323 e. The fraction of sp³-hybridized carbons (Fsp3) is 0.0500. The zero-order chi connectivity index (χ0) is 17.6. The Morgan fingerprint density at radius 1 is 0.880 bits per heavy atom. The van der Waals surface area contributed by atoms with Crippen LogP contribution in [-0.4, -0.2) is 13.1 Å². The van der Waals surface area contributed by atoms with Crippen LogP contribution in [0.3, 0.4) is 0 Å². The van der Waals surface area contributed by atoms with Crippen LogP contribution in [-0.2, 0) is 0 Å². The number of rotatable bonds is 4. The molecule has 0 bridgehead atoms. The number of amides is 2. The largest absolute Gasteiger partial charge is 0.495 e. The molecule has 126 valence electrons. The van der Waals surface area contributed by atoms with Gasteiger partial charge in [0.2, 0.25) is 0 Å². The summed E-state index contributed by atoms with van der Waals surface area (Å²) >= 11 is 5.97. The van der Waals surface area contributed by atoms with Gasteiger partial charge in [0, 0.05) is 10.7 Å². The van der Waals surface area contributed by atoms with Crippen molar-refractivity contribution in [2.24, 2.45) is 0 Å². The molecule has 2 amide bonds. The lowest BCUT2D eigenvalue weighted by atomic mass is 10.1. The summed E-state index contributed by atoms with van der Waals surface area (Å²) in [6.45, 7) is 0. The van der Waals surface area contributed by atoms with E-state index in [1.165, 1.54) is 7.11 Å². The highest BCUT2D eigenvalue weighted by atomic mass is 35.5. The van der Waals surface area contributed by atoms with Gasteiger partial charge in [-0.2, -0.15) is 0 Å². The number of benzene rings is 3. The Morgan fingerprint density at radius 3 is 2.24 bits per heavy atom. The normalized spacial score (nSPS) is 10.2. The average Bonchev–Trinajstić information content (AvgIpc) is 2.63. The minimum Gasteiger partial charge on any atom is -0.495 e. The van der Waals surface area contributed by atoms with Gasteiger partial charge in [0.25, 0.3) is 0 Å². The highest BCUT2D eigenvalue weighted by Crippen LogP contribution is 2.28. The molecule has 2 N–H and O–H groups in total. The number of urea groups is 1. The van der Waals surface area contributed by atoms with Crippen molar-refractivity contribution in [3.05, 3.63) is 77.8 Å². The number of carbonyl (C=O) groups is 1. The molecule has 3 aromatic carbocycles. The third kappa shape index (κ3) is 4.31. The van der Waals surface area contributed by atoms with Gasteiger partial charge in [-0.05, 0) is 41.5 Å². The van der Waals surface area contributed by atoms with Crippen molar-refractivity contribution in [3.8, 4) is 16.9 Å². The van der Waals surface area contributed by atoms with Crippen molar-refractivity contribution in [1.82, 2.24) is 0 Å². The summed E-state index contributed by atoms with van der Waals surface area (Å²) in [4.78, 5) is 12.2. The highest BCUT2D eigenvalue weighted by molar-refractivity contribution is 6.31. The standard InChI is InChI=1S/C20H17ClN2O2/c1-25-19-12-9-16(21)13-18(19)23-20(24)22-17-10-7-15(8-11-17)14-5-3-2-4-6-14/h2-13H,1H3,(H2,22,23,24). The number of halogens is 1. The number of carbonyl (C=O) groups excluding carboxylic acids is 1. The van der Waals surface area contributed by atoms with E-state index in [1.54, 1.807) is 18.2 Å². The molecule has 0 aromatic heterocycles. The molecule has 3 aromatic rings. The minimum absolute atomic E-state index is 0.368. The second-order valence-electron chi connectivity index (χ2n) is 5.37. The van der Waals surface area contributed by atoms with Gasteiger partial charge >= 0.3 is 6.03 Å². The van der Waals surface area contributed by atoms with E-state index in [4.69, 9.17) is 16.3 Å². The first-order valence-electron chi connectivity index (χ1n) is 7.73. The lowest BCUT2D eigenvalue weighted by Gasteiger charge is -2.12. The van der Waals surface area contributed by atoms with Crippen LogP contribution in [0.25, 0.3) is 11.1 Å². The summed E-state index contributed by atoms with van der Waals surface area (Å²) in [5.74, 6) is 0.541. The summed E-state index contributed by atoms with van der Waals surface area (Å²) in [5, 5.41) is 6.05. The molecule has 4 nitrogen and oxygen atoms in total. The third-order valence-corrected chi connectivity index (χ3v) is 3.89. The van der Waals surface area contributed by atoms with Gasteiger partial charge < -0.3 is 15.4 Å². The summed E-state index contributed by atoms with van der Waals surface area (Å²) in [6.07, 6.45) is 0. The van der Waals surface area contributed by atoms with Crippen molar-refractivity contribution in [3.63, 3.8) is 0 Å². The van der Waals surface area contributed by atoms with Crippen molar-refractivity contribution in [1.29, 1.82) is 0 Å². The van der Waals surface area contributed by atoms with E-state index < -0.39 is 0 Å². The molecule has 0 atom stereocenters. The molecule has 0 aliphatic rings. The molecule has 0 aliphatic heterocycles. The molecule has 0 heterocycles. The first kappa shape index (κ1) is 16.9. The number of methoxy groups -OCH3 is 1. The van der Waals surface area contributed by atoms with Gasteiger partial charge in [0.05, 0.1) is 12.8 Å². The SMILES string of the molecule is COc1ccc(Cl)cc1NC(=O)Nc1ccc(-c2ccccc2)cc1. The van der Waals surface area contributed by atoms with Gasteiger partial charge in [-0.1, -0.05) is 54.1 Å². The molecule has 3 rings (SSSR count). The van der Waals surface area contributed by atoms with E-state index in [2.05, 4.69) is 10.6 Å². The molecular formula is C20H17ClN2O2. The number of anilines is 2. The number of hydrogen-bond acceptors (Lipinski definition) is 2. The Balaban J connectivity index is 1.68. The maximum atomic E-state index is 12.2. The molecule has 0 unspecified atom stereocenters. The van der Waals surface area contributed by atoms with Gasteiger partial charge in [-0.15, -0.1) is 0 Å². The molecule has 25 heavy (non-hydrogen) atoms. The lowest BCUT2D eigenvalue weighted by molar-refractivity contribution is 0.262. The van der Waals surface area contributed by atoms with E-state index in [0.717, 1.165) is 11.1 Å². The van der Waals surface area contributed by atoms with Gasteiger partial charge in [-0.3, -0.25) is 0 Å². The highest BCUT2D eigenvalue weighted by Gasteiger charge is 2.08. The predicted molar refractivity (Wildman–Crippen MR) is 103 cm³/mol. The second-order valence-corrected chi connectivity index (χ2v) is 5.80. The fourth-order valence-electron chi connectivity index (χ4n) is 2.44. The molecule has 0 saturated heterocycles. The Kier molecular flexibility index (Phi) is 5.21. The Hall–Kier alpha value is -2.98. The second kappa shape index (κ2) is 7.73. The van der Waals surface area contributed by atoms with Crippen molar-refractivity contribution >= 4 is 29.0 Å².